The van der Waals surface area contributed by atoms with E-state index in [1.54, 1.807) is 18.3 Å². The highest BCUT2D eigenvalue weighted by Gasteiger charge is 2.22. The monoisotopic (exact) mass is 323 g/mol. The number of hydrogen-bond acceptors (Lipinski definition) is 3. The lowest BCUT2D eigenvalue weighted by atomic mass is 9.90. The molecule has 1 aromatic carbocycles. The fourth-order valence-corrected chi connectivity index (χ4v) is 3.40. The van der Waals surface area contributed by atoms with Crippen LogP contribution in [-0.2, 0) is 6.42 Å². The zero-order valence-corrected chi connectivity index (χ0v) is 14.2. The Kier molecular flexibility index (Phi) is 5.14. The molecule has 1 fully saturated rings. The maximum atomic E-state index is 11.6. The normalized spacial score (nSPS) is 15.5. The van der Waals surface area contributed by atoms with Crippen molar-refractivity contribution < 1.29 is 4.79 Å². The molecule has 1 aliphatic rings. The summed E-state index contributed by atoms with van der Waals surface area (Å²) < 4.78 is 0. The van der Waals surface area contributed by atoms with Crippen molar-refractivity contribution >= 4 is 11.7 Å². The minimum atomic E-state index is -0.403. The van der Waals surface area contributed by atoms with Gasteiger partial charge in [0.1, 0.15) is 5.82 Å². The molecular formula is C20H25N3O. The van der Waals surface area contributed by atoms with Gasteiger partial charge in [-0.3, -0.25) is 4.79 Å². The Bertz CT molecular complexity index is 688. The van der Waals surface area contributed by atoms with E-state index in [0.717, 1.165) is 44.1 Å². The molecule has 0 aliphatic carbocycles. The Morgan fingerprint density at radius 2 is 1.92 bits per heavy atom. The van der Waals surface area contributed by atoms with Crippen molar-refractivity contribution in [3.05, 3.63) is 59.3 Å². The van der Waals surface area contributed by atoms with Crippen LogP contribution < -0.4 is 10.6 Å². The first-order valence-electron chi connectivity index (χ1n) is 8.69. The van der Waals surface area contributed by atoms with Crippen LogP contribution in [0.5, 0.6) is 0 Å². The van der Waals surface area contributed by atoms with Gasteiger partial charge in [0.15, 0.2) is 0 Å². The summed E-state index contributed by atoms with van der Waals surface area (Å²) in [6.07, 6.45) is 6.37. The lowest BCUT2D eigenvalue weighted by Gasteiger charge is -2.33. The number of anilines is 1. The molecule has 0 atom stereocenters. The molecule has 126 valence electrons. The number of nitrogens with two attached hydrogens (primary N) is 1. The quantitative estimate of drug-likeness (QED) is 0.918. The number of nitrogens with zero attached hydrogens (tertiary/aromatic N) is 2. The van der Waals surface area contributed by atoms with E-state index in [2.05, 4.69) is 41.1 Å². The summed E-state index contributed by atoms with van der Waals surface area (Å²) in [5.74, 6) is 1.07. The van der Waals surface area contributed by atoms with E-state index < -0.39 is 5.91 Å². The van der Waals surface area contributed by atoms with Gasteiger partial charge in [-0.05, 0) is 56.2 Å². The molecule has 1 saturated heterocycles. The lowest BCUT2D eigenvalue weighted by Crippen LogP contribution is -2.35. The predicted octanol–water partition coefficient (Wildman–Crippen LogP) is 3.34. The van der Waals surface area contributed by atoms with Crippen molar-refractivity contribution in [3.63, 3.8) is 0 Å². The van der Waals surface area contributed by atoms with Crippen molar-refractivity contribution in [1.82, 2.24) is 4.98 Å². The summed E-state index contributed by atoms with van der Waals surface area (Å²) in [5.41, 5.74) is 8.72. The highest BCUT2D eigenvalue weighted by molar-refractivity contribution is 5.97. The van der Waals surface area contributed by atoms with E-state index in [1.807, 2.05) is 0 Å². The number of primary amides is 1. The Morgan fingerprint density at radius 1 is 1.21 bits per heavy atom. The number of aryl methyl sites for hydroxylation is 2. The highest BCUT2D eigenvalue weighted by Crippen LogP contribution is 2.27. The van der Waals surface area contributed by atoms with E-state index >= 15 is 0 Å². The van der Waals surface area contributed by atoms with Crippen LogP contribution in [0.3, 0.4) is 0 Å². The highest BCUT2D eigenvalue weighted by atomic mass is 16.1. The Morgan fingerprint density at radius 3 is 2.58 bits per heavy atom. The van der Waals surface area contributed by atoms with Gasteiger partial charge < -0.3 is 10.6 Å². The predicted molar refractivity (Wildman–Crippen MR) is 97.2 cm³/mol. The van der Waals surface area contributed by atoms with E-state index in [1.165, 1.54) is 17.5 Å². The largest absolute Gasteiger partial charge is 0.365 e. The van der Waals surface area contributed by atoms with Crippen molar-refractivity contribution in [2.45, 2.75) is 32.6 Å². The van der Waals surface area contributed by atoms with Crippen molar-refractivity contribution in [2.24, 2.45) is 11.7 Å². The third-order valence-electron chi connectivity index (χ3n) is 4.93. The van der Waals surface area contributed by atoms with Crippen LogP contribution in [0.15, 0.2) is 42.6 Å². The fourth-order valence-electron chi connectivity index (χ4n) is 3.40. The molecule has 2 N–H and O–H groups in total. The van der Waals surface area contributed by atoms with E-state index in [4.69, 9.17) is 5.73 Å². The third-order valence-corrected chi connectivity index (χ3v) is 4.93. The van der Waals surface area contributed by atoms with E-state index in [0.29, 0.717) is 5.56 Å². The van der Waals surface area contributed by atoms with Gasteiger partial charge in [0.25, 0.3) is 5.91 Å². The minimum Gasteiger partial charge on any atom is -0.365 e. The molecule has 4 heteroatoms. The van der Waals surface area contributed by atoms with Gasteiger partial charge in [0, 0.05) is 19.3 Å². The lowest BCUT2D eigenvalue weighted by molar-refractivity contribution is 0.100. The Labute approximate surface area is 143 Å². The van der Waals surface area contributed by atoms with Crippen LogP contribution in [0.25, 0.3) is 0 Å². The molecular weight excluding hydrogens is 298 g/mol. The maximum absolute atomic E-state index is 11.6. The number of hydrogen-bond donors (Lipinski definition) is 1. The number of carbonyl (C=O) groups is 1. The maximum Gasteiger partial charge on any atom is 0.252 e. The van der Waals surface area contributed by atoms with Gasteiger partial charge in [-0.25, -0.2) is 4.98 Å². The minimum absolute atomic E-state index is 0.403. The second-order valence-electron chi connectivity index (χ2n) is 6.69. The van der Waals surface area contributed by atoms with Crippen molar-refractivity contribution in [3.8, 4) is 0 Å². The first kappa shape index (κ1) is 16.5. The Balaban J connectivity index is 1.54. The van der Waals surface area contributed by atoms with Crippen LogP contribution in [0, 0.1) is 12.8 Å². The van der Waals surface area contributed by atoms with Crippen LogP contribution in [0.1, 0.15) is 40.7 Å². The number of piperidine rings is 1. The van der Waals surface area contributed by atoms with Gasteiger partial charge >= 0.3 is 0 Å². The molecule has 0 bridgehead atoms. The van der Waals surface area contributed by atoms with E-state index in [-0.39, 0.29) is 0 Å². The number of benzene rings is 1. The second-order valence-corrected chi connectivity index (χ2v) is 6.69. The molecule has 1 amide bonds. The standard InChI is InChI=1S/C20H25N3O/c1-15-4-6-16(7-5-15)8-9-17-10-13-23(14-11-17)20-18(19(21)24)3-2-12-22-20/h2-7,12,17H,8-11,13-14H2,1H3,(H2,21,24). The molecule has 4 nitrogen and oxygen atoms in total. The van der Waals surface area contributed by atoms with Crippen LogP contribution in [0.2, 0.25) is 0 Å². The number of pyridine rings is 1. The van der Waals surface area contributed by atoms with Crippen LogP contribution in [-0.4, -0.2) is 24.0 Å². The summed E-state index contributed by atoms with van der Waals surface area (Å²) in [7, 11) is 0. The molecule has 0 saturated carbocycles. The van der Waals surface area contributed by atoms with E-state index in [9.17, 15) is 4.79 Å². The first-order valence-corrected chi connectivity index (χ1v) is 8.69. The van der Waals surface area contributed by atoms with Gasteiger partial charge in [-0.1, -0.05) is 29.8 Å². The number of carbonyl (C=O) groups excluding carboxylic acids is 1. The topological polar surface area (TPSA) is 59.2 Å². The molecule has 0 radical (unpaired) electrons. The van der Waals surface area contributed by atoms with Gasteiger partial charge in [-0.15, -0.1) is 0 Å². The smallest absolute Gasteiger partial charge is 0.252 e. The average molecular weight is 323 g/mol. The summed E-state index contributed by atoms with van der Waals surface area (Å²) in [5, 5.41) is 0. The number of aromatic nitrogens is 1. The molecule has 0 spiro atoms. The molecule has 0 unspecified atom stereocenters. The summed E-state index contributed by atoms with van der Waals surface area (Å²) in [6, 6.07) is 12.4. The summed E-state index contributed by atoms with van der Waals surface area (Å²) >= 11 is 0. The molecule has 2 heterocycles. The molecule has 1 aliphatic heterocycles. The average Bonchev–Trinajstić information content (AvgIpc) is 2.62. The Hall–Kier alpha value is -2.36. The third kappa shape index (κ3) is 3.94. The molecule has 2 aromatic rings. The second kappa shape index (κ2) is 7.47. The van der Waals surface area contributed by atoms with Crippen molar-refractivity contribution in [2.75, 3.05) is 18.0 Å². The molecule has 24 heavy (non-hydrogen) atoms. The fraction of sp³-hybridized carbons (Fsp3) is 0.400. The van der Waals surface area contributed by atoms with Gasteiger partial charge in [0.2, 0.25) is 0 Å². The first-order chi connectivity index (χ1) is 11.6. The van der Waals surface area contributed by atoms with Crippen molar-refractivity contribution in [1.29, 1.82) is 0 Å². The van der Waals surface area contributed by atoms with Gasteiger partial charge in [-0.2, -0.15) is 0 Å². The summed E-state index contributed by atoms with van der Waals surface area (Å²) in [4.78, 5) is 18.1. The SMILES string of the molecule is Cc1ccc(CCC2CCN(c3ncccc3C(N)=O)CC2)cc1. The molecule has 3 rings (SSSR count). The van der Waals surface area contributed by atoms with Gasteiger partial charge in [0.05, 0.1) is 5.56 Å². The summed E-state index contributed by atoms with van der Waals surface area (Å²) in [6.45, 7) is 4.00. The zero-order valence-electron chi connectivity index (χ0n) is 14.2. The zero-order chi connectivity index (χ0) is 16.9. The molecule has 1 aromatic heterocycles. The number of rotatable bonds is 5. The van der Waals surface area contributed by atoms with Crippen LogP contribution in [0.4, 0.5) is 5.82 Å². The number of amides is 1. The van der Waals surface area contributed by atoms with Crippen LogP contribution >= 0.6 is 0 Å².